The van der Waals surface area contributed by atoms with E-state index in [-0.39, 0.29) is 6.10 Å². The third-order valence-corrected chi connectivity index (χ3v) is 6.34. The molecule has 2 heterocycles. The molecule has 0 N–H and O–H groups in total. The fourth-order valence-electron chi connectivity index (χ4n) is 3.83. The Labute approximate surface area is 170 Å². The molecular weight excluding hydrogens is 366 g/mol. The van der Waals surface area contributed by atoms with Gasteiger partial charge in [0, 0.05) is 34.5 Å². The lowest BCUT2D eigenvalue weighted by molar-refractivity contribution is 0.00349. The maximum atomic E-state index is 9.92. The molecule has 28 heavy (non-hydrogen) atoms. The molecule has 0 amide bonds. The number of rotatable bonds is 4. The van der Waals surface area contributed by atoms with E-state index in [2.05, 4.69) is 64.2 Å². The van der Waals surface area contributed by atoms with Gasteiger partial charge in [-0.05, 0) is 68.7 Å². The smallest absolute Gasteiger partial charge is 0.110 e. The van der Waals surface area contributed by atoms with Crippen molar-refractivity contribution in [3.8, 4) is 11.8 Å². The van der Waals surface area contributed by atoms with Crippen molar-refractivity contribution in [3.63, 3.8) is 0 Å². The average molecular weight is 390 g/mol. The molecule has 1 aliphatic rings. The van der Waals surface area contributed by atoms with Crippen molar-refractivity contribution in [2.24, 2.45) is 0 Å². The number of nitrogens with zero attached hydrogens (tertiary/aromatic N) is 3. The van der Waals surface area contributed by atoms with E-state index in [0.29, 0.717) is 6.61 Å². The van der Waals surface area contributed by atoms with Gasteiger partial charge in [0.2, 0.25) is 0 Å². The van der Waals surface area contributed by atoms with E-state index >= 15 is 0 Å². The highest BCUT2D eigenvalue weighted by molar-refractivity contribution is 7.99. The standard InChI is InChI=1S/C23H23N3OS/c1-17-15-23(16-24,10-13-27-17)19-4-3-5-22(14-19)28-21-8-6-20(7-9-21)26-12-11-25-18(26)2/h3-9,11-12,14,17H,10,13,15H2,1-2H3/t17-,23+/m1/s1. The summed E-state index contributed by atoms with van der Waals surface area (Å²) >= 11 is 1.72. The van der Waals surface area contributed by atoms with Gasteiger partial charge in [0.1, 0.15) is 5.82 Å². The number of hydrogen-bond donors (Lipinski definition) is 0. The maximum Gasteiger partial charge on any atom is 0.110 e. The van der Waals surface area contributed by atoms with Crippen LogP contribution in [0.15, 0.2) is 70.7 Å². The molecule has 4 rings (SSSR count). The molecule has 4 nitrogen and oxygen atoms in total. The summed E-state index contributed by atoms with van der Waals surface area (Å²) in [6.07, 6.45) is 5.39. The van der Waals surface area contributed by atoms with Crippen molar-refractivity contribution in [1.29, 1.82) is 5.26 Å². The Morgan fingerprint density at radius 1 is 1.21 bits per heavy atom. The van der Waals surface area contributed by atoms with Crippen LogP contribution in [0.5, 0.6) is 0 Å². The van der Waals surface area contributed by atoms with E-state index in [1.54, 1.807) is 11.8 Å². The topological polar surface area (TPSA) is 50.8 Å². The zero-order valence-corrected chi connectivity index (χ0v) is 16.9. The molecule has 0 radical (unpaired) electrons. The summed E-state index contributed by atoms with van der Waals surface area (Å²) in [7, 11) is 0. The number of hydrogen-bond acceptors (Lipinski definition) is 4. The summed E-state index contributed by atoms with van der Waals surface area (Å²) in [4.78, 5) is 6.60. The second kappa shape index (κ2) is 7.83. The van der Waals surface area contributed by atoms with Crippen molar-refractivity contribution >= 4 is 11.8 Å². The van der Waals surface area contributed by atoms with Gasteiger partial charge in [-0.15, -0.1) is 0 Å². The lowest BCUT2D eigenvalue weighted by Gasteiger charge is -2.35. The fourth-order valence-corrected chi connectivity index (χ4v) is 4.71. The monoisotopic (exact) mass is 389 g/mol. The van der Waals surface area contributed by atoms with Gasteiger partial charge in [0.25, 0.3) is 0 Å². The lowest BCUT2D eigenvalue weighted by atomic mass is 9.74. The summed E-state index contributed by atoms with van der Waals surface area (Å²) in [5.41, 5.74) is 1.75. The van der Waals surface area contributed by atoms with Gasteiger partial charge < -0.3 is 9.30 Å². The van der Waals surface area contributed by atoms with Gasteiger partial charge in [-0.1, -0.05) is 23.9 Å². The summed E-state index contributed by atoms with van der Waals surface area (Å²) < 4.78 is 7.74. The van der Waals surface area contributed by atoms with Crippen molar-refractivity contribution in [3.05, 3.63) is 72.3 Å². The summed E-state index contributed by atoms with van der Waals surface area (Å²) in [6.45, 7) is 4.69. The molecule has 0 unspecified atom stereocenters. The number of imidazole rings is 1. The maximum absolute atomic E-state index is 9.92. The molecule has 0 spiro atoms. The molecule has 0 bridgehead atoms. The van der Waals surface area contributed by atoms with Crippen LogP contribution in [-0.4, -0.2) is 22.3 Å². The Hall–Kier alpha value is -2.55. The first-order chi connectivity index (χ1) is 13.6. The lowest BCUT2D eigenvalue weighted by Crippen LogP contribution is -2.36. The Kier molecular flexibility index (Phi) is 5.25. The van der Waals surface area contributed by atoms with Crippen molar-refractivity contribution in [1.82, 2.24) is 9.55 Å². The summed E-state index contributed by atoms with van der Waals surface area (Å²) in [5, 5.41) is 9.92. The van der Waals surface area contributed by atoms with E-state index in [9.17, 15) is 5.26 Å². The van der Waals surface area contributed by atoms with Crippen LogP contribution in [0.2, 0.25) is 0 Å². The van der Waals surface area contributed by atoms with Gasteiger partial charge in [-0.3, -0.25) is 0 Å². The van der Waals surface area contributed by atoms with Gasteiger partial charge in [0.05, 0.1) is 17.6 Å². The first-order valence-corrected chi connectivity index (χ1v) is 10.3. The van der Waals surface area contributed by atoms with Crippen LogP contribution in [0.4, 0.5) is 0 Å². The van der Waals surface area contributed by atoms with Crippen LogP contribution in [0, 0.1) is 18.3 Å². The first kappa shape index (κ1) is 18.8. The fraction of sp³-hybridized carbons (Fsp3) is 0.304. The Morgan fingerprint density at radius 2 is 2.04 bits per heavy atom. The third kappa shape index (κ3) is 3.71. The minimum atomic E-state index is -0.447. The molecule has 3 aromatic rings. The van der Waals surface area contributed by atoms with Gasteiger partial charge in [-0.2, -0.15) is 5.26 Å². The van der Waals surface area contributed by atoms with Crippen LogP contribution in [-0.2, 0) is 10.2 Å². The minimum absolute atomic E-state index is 0.115. The number of nitriles is 1. The third-order valence-electron chi connectivity index (χ3n) is 5.34. The van der Waals surface area contributed by atoms with Crippen molar-refractivity contribution in [2.75, 3.05) is 6.61 Å². The molecule has 142 valence electrons. The Bertz CT molecular complexity index is 1010. The van der Waals surface area contributed by atoms with E-state index in [0.717, 1.165) is 34.8 Å². The number of benzene rings is 2. The molecule has 5 heteroatoms. The largest absolute Gasteiger partial charge is 0.378 e. The van der Waals surface area contributed by atoms with Gasteiger partial charge in [-0.25, -0.2) is 4.98 Å². The number of aromatic nitrogens is 2. The number of aryl methyl sites for hydroxylation is 1. The van der Waals surface area contributed by atoms with E-state index < -0.39 is 5.41 Å². The summed E-state index contributed by atoms with van der Waals surface area (Å²) in [5.74, 6) is 0.973. The quantitative estimate of drug-likeness (QED) is 0.608. The van der Waals surface area contributed by atoms with E-state index in [1.807, 2.05) is 26.2 Å². The van der Waals surface area contributed by atoms with E-state index in [4.69, 9.17) is 4.74 Å². The van der Waals surface area contributed by atoms with Crippen LogP contribution >= 0.6 is 11.8 Å². The Morgan fingerprint density at radius 3 is 2.71 bits per heavy atom. The second-order valence-electron chi connectivity index (χ2n) is 7.30. The second-order valence-corrected chi connectivity index (χ2v) is 8.44. The van der Waals surface area contributed by atoms with Crippen LogP contribution in [0.1, 0.15) is 31.2 Å². The summed E-state index contributed by atoms with van der Waals surface area (Å²) in [6, 6.07) is 19.5. The van der Waals surface area contributed by atoms with Crippen molar-refractivity contribution in [2.45, 2.75) is 48.0 Å². The average Bonchev–Trinajstić information content (AvgIpc) is 3.14. The molecule has 0 aliphatic carbocycles. The van der Waals surface area contributed by atoms with Gasteiger partial charge in [0.15, 0.2) is 0 Å². The van der Waals surface area contributed by atoms with Crippen LogP contribution in [0.25, 0.3) is 5.69 Å². The van der Waals surface area contributed by atoms with Crippen LogP contribution in [0.3, 0.4) is 0 Å². The normalized spacial score (nSPS) is 22.0. The number of ether oxygens (including phenoxy) is 1. The molecular formula is C23H23N3OS. The van der Waals surface area contributed by atoms with Gasteiger partial charge >= 0.3 is 0 Å². The molecule has 1 saturated heterocycles. The minimum Gasteiger partial charge on any atom is -0.378 e. The highest BCUT2D eigenvalue weighted by Crippen LogP contribution is 2.39. The molecule has 0 saturated carbocycles. The highest BCUT2D eigenvalue weighted by Gasteiger charge is 2.37. The predicted molar refractivity (Wildman–Crippen MR) is 111 cm³/mol. The zero-order valence-electron chi connectivity index (χ0n) is 16.1. The Balaban J connectivity index is 1.55. The molecule has 1 fully saturated rings. The van der Waals surface area contributed by atoms with E-state index in [1.165, 1.54) is 4.90 Å². The SMILES string of the molecule is Cc1nccn1-c1ccc(Sc2cccc([C@@]3(C#N)CCO[C@H](C)C3)c2)cc1. The first-order valence-electron chi connectivity index (χ1n) is 9.51. The van der Waals surface area contributed by atoms with Crippen molar-refractivity contribution < 1.29 is 4.74 Å². The molecule has 1 aromatic heterocycles. The molecule has 1 aliphatic heterocycles. The molecule has 2 aromatic carbocycles. The van der Waals surface area contributed by atoms with Crippen LogP contribution < -0.4 is 0 Å². The molecule has 2 atom stereocenters. The highest BCUT2D eigenvalue weighted by atomic mass is 32.2. The predicted octanol–water partition coefficient (Wildman–Crippen LogP) is 5.29. The zero-order chi connectivity index (χ0) is 19.6.